The number of fused-ring (bicyclic) bond motifs is 8. The van der Waals surface area contributed by atoms with Crippen LogP contribution in [0, 0.1) is 0 Å². The molecule has 0 radical (unpaired) electrons. The number of hydrogen-bond acceptors (Lipinski definition) is 17. The molecule has 0 fully saturated rings. The molecule has 2 heterocycles. The Morgan fingerprint density at radius 3 is 1.25 bits per heavy atom. The van der Waals surface area contributed by atoms with Crippen molar-refractivity contribution in [1.82, 2.24) is 0 Å². The maximum Gasteiger partial charge on any atom is 0.208 e. The van der Waals surface area contributed by atoms with Crippen LogP contribution in [0.25, 0.3) is 98.8 Å². The molecule has 0 atom stereocenters. The first-order valence-corrected chi connectivity index (χ1v) is 17.8. The summed E-state index contributed by atoms with van der Waals surface area (Å²) in [5.41, 5.74) is -1.46. The van der Waals surface area contributed by atoms with E-state index in [1.54, 1.807) is 24.3 Å². The second-order valence-electron chi connectivity index (χ2n) is 14.2. The van der Waals surface area contributed by atoms with Gasteiger partial charge in [0.15, 0.2) is 57.2 Å². The van der Waals surface area contributed by atoms with Gasteiger partial charge in [-0.25, -0.2) is 0 Å². The highest BCUT2D eigenvalue weighted by molar-refractivity contribution is 6.31. The number of rotatable bonds is 3. The average Bonchev–Trinajstić information content (AvgIpc) is 3.86. The average molecular weight is 827 g/mol. The predicted molar refractivity (Wildman–Crippen MR) is 217 cm³/mol. The largest absolute Gasteiger partial charge is 0.504 e. The molecule has 0 bridgehead atoms. The molecule has 0 saturated heterocycles. The Bertz CT molecular complexity index is 3560. The lowest BCUT2D eigenvalue weighted by Crippen LogP contribution is -1.95. The number of phenols is 15. The van der Waals surface area contributed by atoms with E-state index in [4.69, 9.17) is 8.83 Å². The van der Waals surface area contributed by atoms with Crippen LogP contribution < -0.4 is 0 Å². The van der Waals surface area contributed by atoms with Crippen molar-refractivity contribution in [3.63, 3.8) is 0 Å². The highest BCUT2D eigenvalue weighted by atomic mass is 16.4. The van der Waals surface area contributed by atoms with E-state index < -0.39 is 141 Å². The van der Waals surface area contributed by atoms with Gasteiger partial charge in [-0.2, -0.15) is 0 Å². The van der Waals surface area contributed by atoms with Gasteiger partial charge in [0.1, 0.15) is 11.2 Å². The molecule has 0 amide bonds. The molecular weight excluding hydrogens is 800 g/mol. The van der Waals surface area contributed by atoms with E-state index in [0.29, 0.717) is 16.7 Å². The molecule has 0 aliphatic heterocycles. The van der Waals surface area contributed by atoms with Crippen molar-refractivity contribution in [1.29, 1.82) is 0 Å². The van der Waals surface area contributed by atoms with E-state index >= 15 is 0 Å². The fraction of sp³-hybridized carbons (Fsp3) is 0. The minimum Gasteiger partial charge on any atom is -0.504 e. The highest BCUT2D eigenvalue weighted by Gasteiger charge is 2.37. The van der Waals surface area contributed by atoms with Gasteiger partial charge >= 0.3 is 0 Å². The molecule has 0 unspecified atom stereocenters. The number of aromatic hydroxyl groups is 15. The maximum atomic E-state index is 11.9. The topological polar surface area (TPSA) is 330 Å². The molecule has 0 spiro atoms. The molecule has 61 heavy (non-hydrogen) atoms. The molecule has 10 rings (SSSR count). The molecule has 2 aromatic heterocycles. The van der Waals surface area contributed by atoms with Crippen molar-refractivity contribution in [3.05, 3.63) is 66.7 Å². The number of benzene rings is 8. The van der Waals surface area contributed by atoms with Crippen LogP contribution in [-0.2, 0) is 0 Å². The monoisotopic (exact) mass is 826 g/mol. The van der Waals surface area contributed by atoms with Crippen molar-refractivity contribution >= 4 is 65.4 Å². The van der Waals surface area contributed by atoms with Crippen LogP contribution in [0.15, 0.2) is 75.6 Å². The molecule has 0 saturated carbocycles. The van der Waals surface area contributed by atoms with E-state index in [9.17, 15) is 76.6 Å². The summed E-state index contributed by atoms with van der Waals surface area (Å²) >= 11 is 0. The lowest BCUT2D eigenvalue weighted by atomic mass is 9.82. The van der Waals surface area contributed by atoms with Crippen LogP contribution in [-0.4, -0.2) is 76.6 Å². The lowest BCUT2D eigenvalue weighted by molar-refractivity contribution is 0.348. The lowest BCUT2D eigenvalue weighted by Gasteiger charge is -2.23. The number of phenolic OH excluding ortho intramolecular Hbond substituents is 15. The van der Waals surface area contributed by atoms with Crippen molar-refractivity contribution in [3.8, 4) is 120 Å². The third kappa shape index (κ3) is 4.42. The van der Waals surface area contributed by atoms with Crippen LogP contribution in [0.4, 0.5) is 0 Å². The summed E-state index contributed by atoms with van der Waals surface area (Å²) < 4.78 is 11.6. The minimum atomic E-state index is -1.38. The standard InChI is InChI=1S/C44H26O17/c45-28-21-18(13-10-8-12(9-11-13)14-5-3-7-17-19(14)15-4-1-2-6-16(15)60-17)22-24(31(48)39(56)37(54)29(22)46)20(23(21)30(47)38(55)36(28)53)25-32(49)33(50)26-27-34(51)40(57)41(58)42(59)44(27)61-43(26)35(25)52/h1-11,45-59H. The van der Waals surface area contributed by atoms with Crippen LogP contribution in [0.2, 0.25) is 0 Å². The Morgan fingerprint density at radius 1 is 0.262 bits per heavy atom. The van der Waals surface area contributed by atoms with E-state index in [1.807, 2.05) is 30.3 Å². The Balaban J connectivity index is 1.36. The predicted octanol–water partition coefficient (Wildman–Crippen LogP) is 8.38. The summed E-state index contributed by atoms with van der Waals surface area (Å²) in [7, 11) is 0. The molecule has 17 nitrogen and oxygen atoms in total. The van der Waals surface area contributed by atoms with Crippen LogP contribution in [0.1, 0.15) is 0 Å². The van der Waals surface area contributed by atoms with Gasteiger partial charge in [0.05, 0.1) is 16.3 Å². The summed E-state index contributed by atoms with van der Waals surface area (Å²) in [4.78, 5) is 0. The van der Waals surface area contributed by atoms with Crippen LogP contribution in [0.3, 0.4) is 0 Å². The minimum absolute atomic E-state index is 0.0312. The maximum absolute atomic E-state index is 11.9. The quantitative estimate of drug-likeness (QED) is 0.0451. The molecular formula is C44H26O17. The zero-order chi connectivity index (χ0) is 43.2. The highest BCUT2D eigenvalue weighted by Crippen LogP contribution is 2.65. The van der Waals surface area contributed by atoms with Crippen LogP contribution in [0.5, 0.6) is 86.2 Å². The fourth-order valence-corrected chi connectivity index (χ4v) is 8.36. The smallest absolute Gasteiger partial charge is 0.208 e. The van der Waals surface area contributed by atoms with Gasteiger partial charge in [0.2, 0.25) is 40.2 Å². The molecule has 0 aliphatic rings. The number of para-hydroxylation sites is 1. The van der Waals surface area contributed by atoms with E-state index in [-0.39, 0.29) is 11.1 Å². The normalized spacial score (nSPS) is 11.9. The summed E-state index contributed by atoms with van der Waals surface area (Å²) in [6.45, 7) is 0. The van der Waals surface area contributed by atoms with Gasteiger partial charge in [-0.1, -0.05) is 54.6 Å². The summed E-state index contributed by atoms with van der Waals surface area (Å²) in [6, 6.07) is 19.0. The van der Waals surface area contributed by atoms with Crippen LogP contribution >= 0.6 is 0 Å². The van der Waals surface area contributed by atoms with E-state index in [2.05, 4.69) is 0 Å². The van der Waals surface area contributed by atoms with E-state index in [0.717, 1.165) is 16.3 Å². The van der Waals surface area contributed by atoms with Gasteiger partial charge < -0.3 is 85.4 Å². The second-order valence-corrected chi connectivity index (χ2v) is 14.2. The van der Waals surface area contributed by atoms with Gasteiger partial charge in [-0.05, 0) is 28.8 Å². The zero-order valence-corrected chi connectivity index (χ0v) is 30.4. The summed E-state index contributed by atoms with van der Waals surface area (Å²) in [5.74, 6) is -19.2. The Labute approximate surface area is 336 Å². The van der Waals surface area contributed by atoms with Crippen molar-refractivity contribution in [2.24, 2.45) is 0 Å². The Morgan fingerprint density at radius 2 is 0.689 bits per heavy atom. The summed E-state index contributed by atoms with van der Waals surface area (Å²) in [6.07, 6.45) is 0. The number of furan rings is 2. The molecule has 304 valence electrons. The molecule has 8 aromatic carbocycles. The molecule has 10 aromatic rings. The zero-order valence-electron chi connectivity index (χ0n) is 30.4. The first kappa shape index (κ1) is 36.2. The fourth-order valence-electron chi connectivity index (χ4n) is 8.36. The second kappa shape index (κ2) is 12.0. The Hall–Kier alpha value is -9.12. The third-order valence-electron chi connectivity index (χ3n) is 11.1. The van der Waals surface area contributed by atoms with Crippen molar-refractivity contribution in [2.45, 2.75) is 0 Å². The molecule has 0 aliphatic carbocycles. The van der Waals surface area contributed by atoms with Gasteiger partial charge in [-0.3, -0.25) is 0 Å². The third-order valence-corrected chi connectivity index (χ3v) is 11.1. The molecule has 17 heteroatoms. The van der Waals surface area contributed by atoms with Crippen molar-refractivity contribution in [2.75, 3.05) is 0 Å². The van der Waals surface area contributed by atoms with Gasteiger partial charge in [-0.15, -0.1) is 0 Å². The number of hydrogen-bond donors (Lipinski definition) is 15. The SMILES string of the molecule is Oc1c(O)c(O)c2c(oc3c(O)c(-c4c5c(O)c(O)c(O)c(O)c5c(-c5ccc(-c6cccc7oc8ccccc8c67)cc5)c5c(O)c(O)c(O)c(O)c45)c(O)c(O)c32)c1O. The van der Waals surface area contributed by atoms with Gasteiger partial charge in [0, 0.05) is 43.4 Å². The molecule has 15 N–H and O–H groups in total. The van der Waals surface area contributed by atoms with Crippen molar-refractivity contribution < 1.29 is 85.4 Å². The van der Waals surface area contributed by atoms with Gasteiger partial charge in [0.25, 0.3) is 0 Å². The first-order chi connectivity index (χ1) is 29.1. The first-order valence-electron chi connectivity index (χ1n) is 17.8. The Kier molecular flexibility index (Phi) is 7.10. The van der Waals surface area contributed by atoms with E-state index in [1.165, 1.54) is 12.1 Å². The summed E-state index contributed by atoms with van der Waals surface area (Å²) in [5, 5.41) is 164.